The molecule has 1 aromatic heterocycles. The van der Waals surface area contributed by atoms with Gasteiger partial charge in [-0.15, -0.1) is 0 Å². The molecule has 0 aliphatic heterocycles. The third-order valence-corrected chi connectivity index (χ3v) is 4.35. The minimum Gasteiger partial charge on any atom is -0.484 e. The second-order valence-electron chi connectivity index (χ2n) is 6.86. The Morgan fingerprint density at radius 2 is 1.90 bits per heavy atom. The van der Waals surface area contributed by atoms with Gasteiger partial charge in [0.15, 0.2) is 6.61 Å². The molecular formula is C20H20F3N3O3. The maximum absolute atomic E-state index is 12.4. The minimum atomic E-state index is -4.42. The number of pyridine rings is 1. The first-order valence-electron chi connectivity index (χ1n) is 9.08. The van der Waals surface area contributed by atoms with E-state index in [4.69, 9.17) is 0 Å². The molecule has 1 atom stereocenters. The van der Waals surface area contributed by atoms with Gasteiger partial charge in [0.1, 0.15) is 11.6 Å². The van der Waals surface area contributed by atoms with Crippen LogP contribution in [0.2, 0.25) is 0 Å². The summed E-state index contributed by atoms with van der Waals surface area (Å²) in [7, 11) is 0. The number of aromatic nitrogens is 1. The second kappa shape index (κ2) is 8.50. The Balaban J connectivity index is 1.57. The third kappa shape index (κ3) is 6.20. The van der Waals surface area contributed by atoms with Gasteiger partial charge in [-0.2, -0.15) is 13.2 Å². The highest BCUT2D eigenvalue weighted by molar-refractivity contribution is 5.95. The molecule has 9 heteroatoms. The molecule has 1 saturated carbocycles. The lowest BCUT2D eigenvalue weighted by Crippen LogP contribution is -2.26. The Bertz CT molecular complexity index is 881. The predicted octanol–water partition coefficient (Wildman–Crippen LogP) is 3.86. The molecule has 2 aromatic rings. The Morgan fingerprint density at radius 3 is 2.52 bits per heavy atom. The molecule has 0 radical (unpaired) electrons. The second-order valence-corrected chi connectivity index (χ2v) is 6.86. The number of hydrogen-bond acceptors (Lipinski definition) is 4. The number of anilines is 1. The Morgan fingerprint density at radius 1 is 1.21 bits per heavy atom. The molecule has 0 spiro atoms. The molecule has 1 heterocycles. The first kappa shape index (κ1) is 20.6. The van der Waals surface area contributed by atoms with Crippen molar-refractivity contribution < 1.29 is 27.5 Å². The number of alkyl halides is 3. The van der Waals surface area contributed by atoms with Crippen LogP contribution in [-0.2, 0) is 4.79 Å². The summed E-state index contributed by atoms with van der Waals surface area (Å²) in [5.41, 5.74) is 1.04. The molecule has 2 amide bonds. The number of nitrogens with one attached hydrogen (secondary N) is 2. The molecule has 3 rings (SSSR count). The van der Waals surface area contributed by atoms with Gasteiger partial charge in [-0.05, 0) is 61.7 Å². The minimum absolute atomic E-state index is 0.0251. The smallest absolute Gasteiger partial charge is 0.422 e. The summed E-state index contributed by atoms with van der Waals surface area (Å²) in [5, 5.41) is 5.56. The van der Waals surface area contributed by atoms with Gasteiger partial charge in [0, 0.05) is 17.7 Å². The van der Waals surface area contributed by atoms with E-state index in [2.05, 4.69) is 20.4 Å². The number of nitrogens with zero attached hydrogens (tertiary/aromatic N) is 1. The molecule has 2 N–H and O–H groups in total. The maximum Gasteiger partial charge on any atom is 0.422 e. The highest BCUT2D eigenvalue weighted by Gasteiger charge is 2.30. The normalized spacial score (nSPS) is 14.8. The number of ether oxygens (including phenoxy) is 1. The Hall–Kier alpha value is -3.10. The molecule has 1 aromatic carbocycles. The summed E-state index contributed by atoms with van der Waals surface area (Å²) in [6, 6.07) is 8.45. The van der Waals surface area contributed by atoms with Crippen LogP contribution in [0.5, 0.6) is 5.75 Å². The number of carbonyl (C=O) groups excluding carboxylic acids is 2. The van der Waals surface area contributed by atoms with Gasteiger partial charge in [0.2, 0.25) is 5.91 Å². The molecular weight excluding hydrogens is 387 g/mol. The lowest BCUT2D eigenvalue weighted by Gasteiger charge is -2.16. The third-order valence-electron chi connectivity index (χ3n) is 4.35. The lowest BCUT2D eigenvalue weighted by molar-refractivity contribution is -0.153. The highest BCUT2D eigenvalue weighted by atomic mass is 19.4. The fourth-order valence-corrected chi connectivity index (χ4v) is 2.59. The topological polar surface area (TPSA) is 80.3 Å². The number of rotatable bonds is 7. The van der Waals surface area contributed by atoms with E-state index in [1.54, 1.807) is 25.3 Å². The summed E-state index contributed by atoms with van der Waals surface area (Å²) in [6.07, 6.45) is -1.10. The summed E-state index contributed by atoms with van der Waals surface area (Å²) >= 11 is 0. The van der Waals surface area contributed by atoms with E-state index in [9.17, 15) is 22.8 Å². The number of hydrogen-bond donors (Lipinski definition) is 2. The van der Waals surface area contributed by atoms with Crippen molar-refractivity contribution in [1.29, 1.82) is 0 Å². The average Bonchev–Trinajstić information content (AvgIpc) is 3.52. The Labute approximate surface area is 165 Å². The maximum atomic E-state index is 12.4. The molecule has 29 heavy (non-hydrogen) atoms. The van der Waals surface area contributed by atoms with E-state index in [1.807, 2.05) is 0 Å². The van der Waals surface area contributed by atoms with Crippen molar-refractivity contribution in [2.75, 3.05) is 11.9 Å². The van der Waals surface area contributed by atoms with Crippen LogP contribution in [0.25, 0.3) is 0 Å². The van der Waals surface area contributed by atoms with Gasteiger partial charge in [0.05, 0.1) is 6.04 Å². The van der Waals surface area contributed by atoms with E-state index >= 15 is 0 Å². The molecule has 6 nitrogen and oxygen atoms in total. The zero-order chi connectivity index (χ0) is 21.0. The van der Waals surface area contributed by atoms with Crippen molar-refractivity contribution >= 4 is 17.6 Å². The average molecular weight is 407 g/mol. The monoisotopic (exact) mass is 407 g/mol. The number of halogens is 3. The summed E-state index contributed by atoms with van der Waals surface area (Å²) in [4.78, 5) is 28.4. The van der Waals surface area contributed by atoms with Crippen LogP contribution in [0.1, 0.15) is 41.7 Å². The highest BCUT2D eigenvalue weighted by Crippen LogP contribution is 2.30. The van der Waals surface area contributed by atoms with Gasteiger partial charge in [-0.25, -0.2) is 4.98 Å². The summed E-state index contributed by atoms with van der Waals surface area (Å²) in [6.45, 7) is 0.387. The van der Waals surface area contributed by atoms with Crippen molar-refractivity contribution in [3.05, 3.63) is 53.7 Å². The van der Waals surface area contributed by atoms with E-state index in [0.717, 1.165) is 18.4 Å². The molecule has 154 valence electrons. The van der Waals surface area contributed by atoms with Gasteiger partial charge < -0.3 is 15.4 Å². The van der Waals surface area contributed by atoms with Crippen molar-refractivity contribution in [2.45, 2.75) is 32.0 Å². The number of carbonyl (C=O) groups is 2. The largest absolute Gasteiger partial charge is 0.484 e. The quantitative estimate of drug-likeness (QED) is 0.730. The van der Waals surface area contributed by atoms with Gasteiger partial charge in [-0.1, -0.05) is 0 Å². The van der Waals surface area contributed by atoms with E-state index in [0.29, 0.717) is 5.82 Å². The predicted molar refractivity (Wildman–Crippen MR) is 99.5 cm³/mol. The van der Waals surface area contributed by atoms with E-state index in [-0.39, 0.29) is 35.1 Å². The van der Waals surface area contributed by atoms with Crippen LogP contribution in [0.4, 0.5) is 19.0 Å². The molecule has 1 aliphatic rings. The van der Waals surface area contributed by atoms with Crippen molar-refractivity contribution in [2.24, 2.45) is 5.92 Å². The molecule has 0 saturated heterocycles. The molecule has 0 bridgehead atoms. The van der Waals surface area contributed by atoms with Crippen LogP contribution < -0.4 is 15.4 Å². The van der Waals surface area contributed by atoms with Crippen LogP contribution in [0, 0.1) is 5.92 Å². The van der Waals surface area contributed by atoms with Gasteiger partial charge >= 0.3 is 6.18 Å². The van der Waals surface area contributed by atoms with E-state index < -0.39 is 12.8 Å². The first-order chi connectivity index (χ1) is 13.7. The van der Waals surface area contributed by atoms with Crippen molar-refractivity contribution in [1.82, 2.24) is 10.3 Å². The van der Waals surface area contributed by atoms with Crippen molar-refractivity contribution in [3.63, 3.8) is 0 Å². The fraction of sp³-hybridized carbons (Fsp3) is 0.350. The molecule has 1 aliphatic carbocycles. The number of benzene rings is 1. The molecule has 1 unspecified atom stereocenters. The van der Waals surface area contributed by atoms with Crippen LogP contribution in [-0.4, -0.2) is 29.6 Å². The summed E-state index contributed by atoms with van der Waals surface area (Å²) < 4.78 is 41.2. The van der Waals surface area contributed by atoms with Crippen LogP contribution in [0.3, 0.4) is 0 Å². The summed E-state index contributed by atoms with van der Waals surface area (Å²) in [5.74, 6) is 0.0591. The van der Waals surface area contributed by atoms with Crippen molar-refractivity contribution in [3.8, 4) is 5.75 Å². The van der Waals surface area contributed by atoms with Crippen LogP contribution >= 0.6 is 0 Å². The van der Waals surface area contributed by atoms with E-state index in [1.165, 1.54) is 24.3 Å². The SMILES string of the molecule is CC(NC(=O)c1ccc(OCC(F)(F)F)cc1)c1ccnc(NC(=O)C2CC2)c1. The van der Waals surface area contributed by atoms with Gasteiger partial charge in [0.25, 0.3) is 5.91 Å². The Kier molecular flexibility index (Phi) is 6.05. The van der Waals surface area contributed by atoms with Gasteiger partial charge in [-0.3, -0.25) is 9.59 Å². The van der Waals surface area contributed by atoms with Crippen LogP contribution in [0.15, 0.2) is 42.6 Å². The standard InChI is InChI=1S/C20H20F3N3O3/c1-12(15-8-9-24-17(10-15)26-19(28)13-2-3-13)25-18(27)14-4-6-16(7-5-14)29-11-20(21,22)23/h4-10,12-13H,2-3,11H2,1H3,(H,25,27)(H,24,26,28). The molecule has 1 fully saturated rings. The lowest BCUT2D eigenvalue weighted by atomic mass is 10.1. The zero-order valence-electron chi connectivity index (χ0n) is 15.6. The number of amides is 2. The fourth-order valence-electron chi connectivity index (χ4n) is 2.59. The zero-order valence-corrected chi connectivity index (χ0v) is 15.6. The first-order valence-corrected chi connectivity index (χ1v) is 9.08.